The lowest BCUT2D eigenvalue weighted by atomic mass is 9.86. The summed E-state index contributed by atoms with van der Waals surface area (Å²) >= 11 is 0. The fraction of sp³-hybridized carbons (Fsp3) is 0.588. The van der Waals surface area contributed by atoms with Gasteiger partial charge in [0.2, 0.25) is 0 Å². The Balaban J connectivity index is 2.19. The monoisotopic (exact) mass is 274 g/mol. The van der Waals surface area contributed by atoms with Crippen LogP contribution in [0.4, 0.5) is 5.69 Å². The third-order valence-electron chi connectivity index (χ3n) is 4.45. The van der Waals surface area contributed by atoms with Crippen LogP contribution >= 0.6 is 0 Å². The predicted molar refractivity (Wildman–Crippen MR) is 84.2 cm³/mol. The number of carbonyl (C=O) groups excluding carboxylic acids is 1. The van der Waals surface area contributed by atoms with E-state index in [0.29, 0.717) is 6.04 Å². The summed E-state index contributed by atoms with van der Waals surface area (Å²) in [6.45, 7) is 4.31. The third kappa shape index (κ3) is 3.14. The van der Waals surface area contributed by atoms with Crippen LogP contribution in [0.2, 0.25) is 0 Å². The van der Waals surface area contributed by atoms with Gasteiger partial charge in [0.1, 0.15) is 0 Å². The molecular weight excluding hydrogens is 248 g/mol. The number of anilines is 1. The van der Waals surface area contributed by atoms with Crippen molar-refractivity contribution in [1.29, 1.82) is 0 Å². The molecule has 2 rings (SSSR count). The van der Waals surface area contributed by atoms with E-state index >= 15 is 0 Å². The molecule has 1 N–H and O–H groups in total. The molecule has 1 amide bonds. The highest BCUT2D eigenvalue weighted by Crippen LogP contribution is 2.28. The number of carbonyl (C=O) groups is 1. The summed E-state index contributed by atoms with van der Waals surface area (Å²) in [6, 6.07) is 6.39. The van der Waals surface area contributed by atoms with Crippen LogP contribution in [0.15, 0.2) is 18.2 Å². The molecule has 1 aromatic carbocycles. The Kier molecular flexibility index (Phi) is 4.69. The standard InChI is InChI=1S/C17H26N2O/c1-12-6-5-7-14(10-12)19(4)17(20)15-11-13(2)8-9-16(15)18-3/h8-9,11-12,14,18H,5-7,10H2,1-4H3. The van der Waals surface area contributed by atoms with Gasteiger partial charge in [-0.25, -0.2) is 0 Å². The molecule has 20 heavy (non-hydrogen) atoms. The zero-order valence-corrected chi connectivity index (χ0v) is 13.1. The van der Waals surface area contributed by atoms with Gasteiger partial charge >= 0.3 is 0 Å². The average molecular weight is 274 g/mol. The van der Waals surface area contributed by atoms with Crippen molar-refractivity contribution >= 4 is 11.6 Å². The van der Waals surface area contributed by atoms with Crippen LogP contribution in [0.3, 0.4) is 0 Å². The Morgan fingerprint density at radius 3 is 2.75 bits per heavy atom. The molecule has 3 heteroatoms. The summed E-state index contributed by atoms with van der Waals surface area (Å²) < 4.78 is 0. The molecule has 0 radical (unpaired) electrons. The first-order valence-electron chi connectivity index (χ1n) is 7.58. The van der Waals surface area contributed by atoms with Gasteiger partial charge in [-0.1, -0.05) is 31.4 Å². The number of nitrogens with zero attached hydrogens (tertiary/aromatic N) is 1. The Morgan fingerprint density at radius 2 is 2.10 bits per heavy atom. The van der Waals surface area contributed by atoms with Crippen molar-refractivity contribution in [1.82, 2.24) is 4.90 Å². The molecule has 1 aliphatic carbocycles. The highest BCUT2D eigenvalue weighted by molar-refractivity contribution is 5.99. The lowest BCUT2D eigenvalue weighted by molar-refractivity contribution is 0.0673. The van der Waals surface area contributed by atoms with Gasteiger partial charge in [-0.3, -0.25) is 4.79 Å². The molecule has 1 aliphatic rings. The first kappa shape index (κ1) is 14.9. The second-order valence-electron chi connectivity index (χ2n) is 6.14. The smallest absolute Gasteiger partial charge is 0.255 e. The molecule has 0 aliphatic heterocycles. The van der Waals surface area contributed by atoms with Crippen LogP contribution < -0.4 is 5.32 Å². The van der Waals surface area contributed by atoms with Gasteiger partial charge in [-0.2, -0.15) is 0 Å². The molecular formula is C17H26N2O. The van der Waals surface area contributed by atoms with E-state index in [1.54, 1.807) is 0 Å². The quantitative estimate of drug-likeness (QED) is 0.911. The van der Waals surface area contributed by atoms with Crippen molar-refractivity contribution in [2.24, 2.45) is 5.92 Å². The van der Waals surface area contributed by atoms with Crippen molar-refractivity contribution in [3.05, 3.63) is 29.3 Å². The maximum Gasteiger partial charge on any atom is 0.255 e. The minimum atomic E-state index is 0.136. The van der Waals surface area contributed by atoms with E-state index in [4.69, 9.17) is 0 Å². The summed E-state index contributed by atoms with van der Waals surface area (Å²) in [6.07, 6.45) is 4.79. The minimum Gasteiger partial charge on any atom is -0.387 e. The number of amides is 1. The van der Waals surface area contributed by atoms with Crippen LogP contribution in [0.1, 0.15) is 48.5 Å². The fourth-order valence-electron chi connectivity index (χ4n) is 3.16. The van der Waals surface area contributed by atoms with Gasteiger partial charge in [0, 0.05) is 25.8 Å². The molecule has 0 heterocycles. The lowest BCUT2D eigenvalue weighted by Crippen LogP contribution is -2.40. The van der Waals surface area contributed by atoms with Gasteiger partial charge < -0.3 is 10.2 Å². The first-order valence-corrected chi connectivity index (χ1v) is 7.58. The molecule has 0 spiro atoms. The molecule has 0 saturated heterocycles. The minimum absolute atomic E-state index is 0.136. The summed E-state index contributed by atoms with van der Waals surface area (Å²) in [7, 11) is 3.82. The SMILES string of the molecule is CNc1ccc(C)cc1C(=O)N(C)C1CCCC(C)C1. The maximum absolute atomic E-state index is 12.8. The van der Waals surface area contributed by atoms with Gasteiger partial charge in [-0.05, 0) is 37.8 Å². The van der Waals surface area contributed by atoms with Crippen LogP contribution in [0, 0.1) is 12.8 Å². The molecule has 0 aromatic heterocycles. The fourth-order valence-corrected chi connectivity index (χ4v) is 3.16. The van der Waals surface area contributed by atoms with Crippen molar-refractivity contribution in [3.63, 3.8) is 0 Å². The van der Waals surface area contributed by atoms with E-state index in [0.717, 1.165) is 35.6 Å². The molecule has 3 nitrogen and oxygen atoms in total. The van der Waals surface area contributed by atoms with Crippen LogP contribution in [0.25, 0.3) is 0 Å². The highest BCUT2D eigenvalue weighted by Gasteiger charge is 2.27. The van der Waals surface area contributed by atoms with Crippen molar-refractivity contribution in [2.75, 3.05) is 19.4 Å². The number of nitrogens with one attached hydrogen (secondary N) is 1. The second kappa shape index (κ2) is 6.29. The summed E-state index contributed by atoms with van der Waals surface area (Å²) in [5, 5.41) is 3.12. The van der Waals surface area contributed by atoms with Crippen molar-refractivity contribution in [3.8, 4) is 0 Å². The Hall–Kier alpha value is -1.51. The second-order valence-corrected chi connectivity index (χ2v) is 6.14. The molecule has 1 fully saturated rings. The number of rotatable bonds is 3. The topological polar surface area (TPSA) is 32.3 Å². The van der Waals surface area contributed by atoms with E-state index in [2.05, 4.69) is 12.2 Å². The number of hydrogen-bond donors (Lipinski definition) is 1. The molecule has 1 saturated carbocycles. The van der Waals surface area contributed by atoms with Crippen LogP contribution in [0.5, 0.6) is 0 Å². The van der Waals surface area contributed by atoms with E-state index < -0.39 is 0 Å². The summed E-state index contributed by atoms with van der Waals surface area (Å²) in [5.74, 6) is 0.863. The zero-order valence-electron chi connectivity index (χ0n) is 13.1. The molecule has 2 unspecified atom stereocenters. The van der Waals surface area contributed by atoms with E-state index in [1.165, 1.54) is 12.8 Å². The first-order chi connectivity index (χ1) is 9.52. The van der Waals surface area contributed by atoms with Crippen LogP contribution in [-0.2, 0) is 0 Å². The zero-order chi connectivity index (χ0) is 14.7. The molecule has 110 valence electrons. The normalized spacial score (nSPS) is 22.4. The lowest BCUT2D eigenvalue weighted by Gasteiger charge is -2.34. The molecule has 1 aromatic rings. The third-order valence-corrected chi connectivity index (χ3v) is 4.45. The summed E-state index contributed by atoms with van der Waals surface area (Å²) in [4.78, 5) is 14.7. The molecule has 0 bridgehead atoms. The number of benzene rings is 1. The highest BCUT2D eigenvalue weighted by atomic mass is 16.2. The van der Waals surface area contributed by atoms with Gasteiger partial charge in [-0.15, -0.1) is 0 Å². The number of hydrogen-bond acceptors (Lipinski definition) is 2. The van der Waals surface area contributed by atoms with Crippen LogP contribution in [-0.4, -0.2) is 30.9 Å². The summed E-state index contributed by atoms with van der Waals surface area (Å²) in [5.41, 5.74) is 2.82. The van der Waals surface area contributed by atoms with E-state index in [1.807, 2.05) is 44.1 Å². The Labute approximate surface area is 122 Å². The Morgan fingerprint density at radius 1 is 1.35 bits per heavy atom. The molecule has 2 atom stereocenters. The average Bonchev–Trinajstić information content (AvgIpc) is 2.45. The van der Waals surface area contributed by atoms with Gasteiger partial charge in [0.15, 0.2) is 0 Å². The van der Waals surface area contributed by atoms with E-state index in [9.17, 15) is 4.79 Å². The van der Waals surface area contributed by atoms with Crippen molar-refractivity contribution < 1.29 is 4.79 Å². The van der Waals surface area contributed by atoms with Gasteiger partial charge in [0.05, 0.1) is 5.56 Å². The number of aryl methyl sites for hydroxylation is 1. The predicted octanol–water partition coefficient (Wildman–Crippen LogP) is 3.69. The largest absolute Gasteiger partial charge is 0.387 e. The van der Waals surface area contributed by atoms with Gasteiger partial charge in [0.25, 0.3) is 5.91 Å². The van der Waals surface area contributed by atoms with E-state index in [-0.39, 0.29) is 5.91 Å². The Bertz CT molecular complexity index is 484. The maximum atomic E-state index is 12.8. The van der Waals surface area contributed by atoms with Crippen molar-refractivity contribution in [2.45, 2.75) is 45.6 Å².